The zero-order valence-electron chi connectivity index (χ0n) is 16.7. The quantitative estimate of drug-likeness (QED) is 0.514. The van der Waals surface area contributed by atoms with Crippen LogP contribution >= 0.6 is 0 Å². The first-order valence-corrected chi connectivity index (χ1v) is 10.2. The molecule has 154 valence electrons. The summed E-state index contributed by atoms with van der Waals surface area (Å²) in [7, 11) is 0. The van der Waals surface area contributed by atoms with Crippen LogP contribution in [0.25, 0.3) is 10.9 Å². The number of hydrogen-bond acceptors (Lipinski definition) is 6. The second kappa shape index (κ2) is 9.19. The lowest BCUT2D eigenvalue weighted by molar-refractivity contribution is 0.177. The van der Waals surface area contributed by atoms with Gasteiger partial charge in [-0.05, 0) is 50.3 Å². The molecule has 3 N–H and O–H groups in total. The fraction of sp³-hybridized carbons (Fsp3) is 0.476. The highest BCUT2D eigenvalue weighted by atomic mass is 16.3. The number of aliphatic hydroxyl groups is 1. The number of amidine groups is 1. The molecule has 2 fully saturated rings. The molecule has 8 heteroatoms. The number of hydrogen-bond donors (Lipinski definition) is 3. The third kappa shape index (κ3) is 5.02. The number of nitrogens with zero attached hydrogens (tertiary/aromatic N) is 5. The maximum atomic E-state index is 9.73. The molecule has 0 saturated carbocycles. The third-order valence-electron chi connectivity index (χ3n) is 5.57. The summed E-state index contributed by atoms with van der Waals surface area (Å²) in [5, 5.41) is 21.6. The number of rotatable bonds is 6. The molecular formula is C21H29N7O. The van der Waals surface area contributed by atoms with Crippen molar-refractivity contribution >= 4 is 29.1 Å². The monoisotopic (exact) mass is 395 g/mol. The van der Waals surface area contributed by atoms with Crippen molar-refractivity contribution in [2.45, 2.75) is 31.4 Å². The number of likely N-dealkylation sites (tertiary alicyclic amines) is 2. The van der Waals surface area contributed by atoms with Crippen molar-refractivity contribution in [3.05, 3.63) is 36.7 Å². The van der Waals surface area contributed by atoms with E-state index in [1.54, 1.807) is 6.20 Å². The van der Waals surface area contributed by atoms with E-state index in [-0.39, 0.29) is 6.10 Å². The fourth-order valence-corrected chi connectivity index (χ4v) is 4.06. The zero-order valence-corrected chi connectivity index (χ0v) is 16.7. The molecule has 0 amide bonds. The van der Waals surface area contributed by atoms with Crippen molar-refractivity contribution in [2.75, 3.05) is 38.2 Å². The van der Waals surface area contributed by atoms with Gasteiger partial charge in [0.15, 0.2) is 0 Å². The van der Waals surface area contributed by atoms with Crippen molar-refractivity contribution in [3.63, 3.8) is 0 Å². The van der Waals surface area contributed by atoms with Crippen LogP contribution in [-0.2, 0) is 0 Å². The first-order chi connectivity index (χ1) is 14.2. The lowest BCUT2D eigenvalue weighted by Gasteiger charge is -2.35. The van der Waals surface area contributed by atoms with Gasteiger partial charge in [-0.15, -0.1) is 0 Å². The summed E-state index contributed by atoms with van der Waals surface area (Å²) in [4.78, 5) is 13.2. The minimum absolute atomic E-state index is 0.227. The van der Waals surface area contributed by atoms with E-state index in [0.717, 1.165) is 61.3 Å². The van der Waals surface area contributed by atoms with Crippen molar-refractivity contribution < 1.29 is 5.11 Å². The topological polar surface area (TPSA) is 92.1 Å². The van der Waals surface area contributed by atoms with Gasteiger partial charge in [0.2, 0.25) is 0 Å². The van der Waals surface area contributed by atoms with Crippen LogP contribution < -0.4 is 5.32 Å². The summed E-state index contributed by atoms with van der Waals surface area (Å²) in [5.41, 5.74) is 2.16. The van der Waals surface area contributed by atoms with Gasteiger partial charge in [-0.1, -0.05) is 0 Å². The maximum absolute atomic E-state index is 9.73. The second-order valence-electron chi connectivity index (χ2n) is 7.78. The minimum Gasteiger partial charge on any atom is -0.392 e. The smallest absolute Gasteiger partial charge is 0.126 e. The van der Waals surface area contributed by atoms with E-state index in [4.69, 9.17) is 4.99 Å². The molecule has 0 bridgehead atoms. The van der Waals surface area contributed by atoms with Crippen molar-refractivity contribution in [1.82, 2.24) is 20.0 Å². The number of aromatic amines is 1. The molecule has 0 aliphatic carbocycles. The summed E-state index contributed by atoms with van der Waals surface area (Å²) in [6.07, 6.45) is 8.29. The summed E-state index contributed by atoms with van der Waals surface area (Å²) < 4.78 is 0. The molecule has 29 heavy (non-hydrogen) atoms. The summed E-state index contributed by atoms with van der Waals surface area (Å²) in [6, 6.07) is 6.62. The first kappa shape index (κ1) is 19.6. The van der Waals surface area contributed by atoms with E-state index in [2.05, 4.69) is 55.2 Å². The highest BCUT2D eigenvalue weighted by Crippen LogP contribution is 2.21. The fourth-order valence-electron chi connectivity index (χ4n) is 4.06. The average Bonchev–Trinajstić information content (AvgIpc) is 3.36. The van der Waals surface area contributed by atoms with Crippen LogP contribution in [0.5, 0.6) is 0 Å². The van der Waals surface area contributed by atoms with Crippen LogP contribution in [0.4, 0.5) is 5.69 Å². The van der Waals surface area contributed by atoms with Crippen LogP contribution in [0.2, 0.25) is 0 Å². The molecule has 0 radical (unpaired) electrons. The molecule has 2 aliphatic heterocycles. The molecule has 8 nitrogen and oxygen atoms in total. The van der Waals surface area contributed by atoms with E-state index in [9.17, 15) is 5.11 Å². The van der Waals surface area contributed by atoms with E-state index >= 15 is 0 Å². The Morgan fingerprint density at radius 1 is 1.34 bits per heavy atom. The number of aliphatic hydroxyl groups excluding tert-OH is 1. The maximum Gasteiger partial charge on any atom is 0.126 e. The van der Waals surface area contributed by atoms with Crippen LogP contribution in [0.3, 0.4) is 0 Å². The van der Waals surface area contributed by atoms with Gasteiger partial charge in [0.05, 0.1) is 24.5 Å². The van der Waals surface area contributed by atoms with E-state index < -0.39 is 0 Å². The van der Waals surface area contributed by atoms with Gasteiger partial charge in [0.1, 0.15) is 5.84 Å². The van der Waals surface area contributed by atoms with Gasteiger partial charge in [-0.2, -0.15) is 5.10 Å². The molecule has 2 atom stereocenters. The van der Waals surface area contributed by atoms with Gasteiger partial charge in [0.25, 0.3) is 0 Å². The van der Waals surface area contributed by atoms with Gasteiger partial charge in [-0.25, -0.2) is 0 Å². The number of piperidine rings is 1. The molecule has 3 heterocycles. The Balaban J connectivity index is 1.42. The second-order valence-corrected chi connectivity index (χ2v) is 7.78. The Hall–Kier alpha value is -2.71. The Morgan fingerprint density at radius 3 is 3.10 bits per heavy atom. The molecular weight excluding hydrogens is 366 g/mol. The van der Waals surface area contributed by atoms with Crippen LogP contribution in [0.1, 0.15) is 19.3 Å². The van der Waals surface area contributed by atoms with Crippen LogP contribution in [-0.4, -0.2) is 82.7 Å². The number of nitrogens with one attached hydrogen (secondary N) is 2. The van der Waals surface area contributed by atoms with Gasteiger partial charge in [-0.3, -0.25) is 20.0 Å². The average molecular weight is 396 g/mol. The Kier molecular flexibility index (Phi) is 6.21. The van der Waals surface area contributed by atoms with Crippen LogP contribution in [0, 0.1) is 0 Å². The Morgan fingerprint density at radius 2 is 2.28 bits per heavy atom. The van der Waals surface area contributed by atoms with Crippen LogP contribution in [0.15, 0.2) is 46.7 Å². The van der Waals surface area contributed by atoms with E-state index in [0.29, 0.717) is 19.3 Å². The number of β-amino-alcohol motifs (C(OH)–C–C–N with tert-alkyl or cyclic N) is 1. The Labute approximate surface area is 171 Å². The van der Waals surface area contributed by atoms with E-state index in [1.807, 2.05) is 12.3 Å². The Bertz CT molecular complexity index is 890. The zero-order chi connectivity index (χ0) is 20.1. The first-order valence-electron chi connectivity index (χ1n) is 10.2. The summed E-state index contributed by atoms with van der Waals surface area (Å²) in [5.74, 6) is 0.926. The summed E-state index contributed by atoms with van der Waals surface area (Å²) >= 11 is 0. The largest absolute Gasteiger partial charge is 0.392 e. The molecule has 2 aliphatic rings. The highest BCUT2D eigenvalue weighted by molar-refractivity contribution is 5.93. The number of anilines is 1. The third-order valence-corrected chi connectivity index (χ3v) is 5.57. The number of aromatic nitrogens is 2. The van der Waals surface area contributed by atoms with Crippen molar-refractivity contribution in [1.29, 1.82) is 0 Å². The molecule has 4 rings (SSSR count). The van der Waals surface area contributed by atoms with Gasteiger partial charge in [0, 0.05) is 49.5 Å². The molecule has 2 aromatic rings. The molecule has 2 saturated heterocycles. The number of aliphatic imine (C=N–C) groups is 2. The predicted molar refractivity (Wildman–Crippen MR) is 117 cm³/mol. The predicted octanol–water partition coefficient (Wildman–Crippen LogP) is 2.08. The molecule has 2 unspecified atom stereocenters. The molecule has 0 spiro atoms. The van der Waals surface area contributed by atoms with Crippen molar-refractivity contribution in [2.24, 2.45) is 9.98 Å². The van der Waals surface area contributed by atoms with E-state index in [1.165, 1.54) is 0 Å². The standard InChI is InChI=1S/C21H29N7O/c1-22-8-6-21(23-15-27-10-7-19(29)14-27)28-9-2-3-18(13-28)25-17-4-5-20-16(11-17)12-24-26-20/h4-6,8,11-12,18-19,25,29H,1-3,7,9-10,13-15H2,(H,24,26)/b8-6-,23-21+. The van der Waals surface area contributed by atoms with Gasteiger partial charge >= 0.3 is 0 Å². The SMILES string of the molecule is C=N/C=C\C(=N/CN1CCC(O)C1)N1CCCC(Nc2ccc3[nH]ncc3c2)C1. The molecule has 1 aromatic carbocycles. The number of benzene rings is 1. The number of H-pyrrole nitrogens is 1. The highest BCUT2D eigenvalue weighted by Gasteiger charge is 2.23. The summed E-state index contributed by atoms with van der Waals surface area (Å²) in [6.45, 7) is 7.58. The minimum atomic E-state index is -0.227. The number of fused-ring (bicyclic) bond motifs is 1. The van der Waals surface area contributed by atoms with Gasteiger partial charge < -0.3 is 15.3 Å². The lowest BCUT2D eigenvalue weighted by Crippen LogP contribution is -2.45. The lowest BCUT2D eigenvalue weighted by atomic mass is 10.0. The van der Waals surface area contributed by atoms with Crippen molar-refractivity contribution in [3.8, 4) is 0 Å². The normalized spacial score (nSPS) is 23.9. The molecule has 1 aromatic heterocycles.